The van der Waals surface area contributed by atoms with Crippen LogP contribution in [0.4, 0.5) is 34.1 Å². The Morgan fingerprint density at radius 3 is 1.80 bits per heavy atom. The second-order valence-corrected chi connectivity index (χ2v) is 12.8. The van der Waals surface area contributed by atoms with Crippen LogP contribution in [0.1, 0.15) is 0 Å². The average molecular weight is 654 g/mol. The van der Waals surface area contributed by atoms with Crippen molar-refractivity contribution in [1.82, 2.24) is 0 Å². The molecule has 0 atom stereocenters. The Bertz CT molecular complexity index is 2400. The molecular weight excluding hydrogens is 631 g/mol. The Balaban J connectivity index is 1.26. The number of aromatic hydroxyl groups is 1. The van der Waals surface area contributed by atoms with Crippen molar-refractivity contribution in [1.29, 1.82) is 0 Å². The first kappa shape index (κ1) is 30.5. The van der Waals surface area contributed by atoms with Gasteiger partial charge in [-0.1, -0.05) is 36.4 Å². The Kier molecular flexibility index (Phi) is 8.02. The normalized spacial score (nSPS) is 12.4. The molecule has 0 aliphatic rings. The number of azo groups is 2. The van der Waals surface area contributed by atoms with E-state index in [-0.39, 0.29) is 10.6 Å². The standard InChI is InChI=1S/C32H23N5O7S2/c38-32-27-16-15-25(33-22-6-2-1-3-7-22)17-21(27)18-30(46(42,43)44)31(32)37-35-24-13-11-23(12-14-24)34-36-26-10-9-20-5-4-8-29(28(20)19-26)45(39,40)41/h1-19,33,38H,(H,39,40,41)(H,42,43,44). The van der Waals surface area contributed by atoms with Crippen molar-refractivity contribution in [3.63, 3.8) is 0 Å². The first-order valence-electron chi connectivity index (χ1n) is 13.5. The van der Waals surface area contributed by atoms with Crippen LogP contribution in [0.5, 0.6) is 5.75 Å². The molecule has 0 saturated carbocycles. The highest BCUT2D eigenvalue weighted by Gasteiger charge is 2.22. The quantitative estimate of drug-likeness (QED) is 0.0925. The van der Waals surface area contributed by atoms with E-state index in [0.29, 0.717) is 38.6 Å². The molecular formula is C32H23N5O7S2. The molecule has 0 aromatic heterocycles. The van der Waals surface area contributed by atoms with Gasteiger partial charge < -0.3 is 10.4 Å². The number of hydrogen-bond acceptors (Lipinski definition) is 10. The number of phenolic OH excluding ortho intramolecular Hbond substituents is 1. The number of fused-ring (bicyclic) bond motifs is 2. The van der Waals surface area contributed by atoms with E-state index in [1.54, 1.807) is 48.5 Å². The third-order valence-electron chi connectivity index (χ3n) is 6.89. The van der Waals surface area contributed by atoms with Crippen LogP contribution in [-0.4, -0.2) is 31.0 Å². The van der Waals surface area contributed by atoms with Gasteiger partial charge in [0.2, 0.25) is 0 Å². The van der Waals surface area contributed by atoms with Gasteiger partial charge in [0.05, 0.1) is 17.1 Å². The molecule has 0 aliphatic heterocycles. The fourth-order valence-corrected chi connectivity index (χ4v) is 6.10. The molecule has 12 nitrogen and oxygen atoms in total. The summed E-state index contributed by atoms with van der Waals surface area (Å²) in [5.74, 6) is -0.474. The summed E-state index contributed by atoms with van der Waals surface area (Å²) >= 11 is 0. The monoisotopic (exact) mass is 653 g/mol. The number of hydrogen-bond donors (Lipinski definition) is 4. The molecule has 0 heterocycles. The Morgan fingerprint density at radius 2 is 1.13 bits per heavy atom. The van der Waals surface area contributed by atoms with Gasteiger partial charge in [0.15, 0.2) is 5.75 Å². The molecule has 6 rings (SSSR count). The highest BCUT2D eigenvalue weighted by atomic mass is 32.2. The molecule has 0 spiro atoms. The summed E-state index contributed by atoms with van der Waals surface area (Å²) in [5.41, 5.74) is 2.05. The molecule has 6 aromatic rings. The first-order chi connectivity index (χ1) is 22.0. The van der Waals surface area contributed by atoms with Gasteiger partial charge in [-0.05, 0) is 89.6 Å². The molecule has 14 heteroatoms. The van der Waals surface area contributed by atoms with Crippen molar-refractivity contribution in [2.24, 2.45) is 20.5 Å². The molecule has 0 fully saturated rings. The maximum Gasteiger partial charge on any atom is 0.296 e. The van der Waals surface area contributed by atoms with Crippen LogP contribution < -0.4 is 5.32 Å². The second-order valence-electron chi connectivity index (χ2n) is 10.0. The molecule has 0 amide bonds. The van der Waals surface area contributed by atoms with Gasteiger partial charge >= 0.3 is 0 Å². The van der Waals surface area contributed by atoms with E-state index in [1.165, 1.54) is 36.4 Å². The van der Waals surface area contributed by atoms with Gasteiger partial charge in [0.1, 0.15) is 15.5 Å². The van der Waals surface area contributed by atoms with Crippen molar-refractivity contribution < 1.29 is 31.0 Å². The van der Waals surface area contributed by atoms with Crippen molar-refractivity contribution in [2.45, 2.75) is 9.79 Å². The van der Waals surface area contributed by atoms with Crippen LogP contribution >= 0.6 is 0 Å². The maximum absolute atomic E-state index is 12.3. The Morgan fingerprint density at radius 1 is 0.500 bits per heavy atom. The minimum Gasteiger partial charge on any atom is -0.505 e. The Hall–Kier alpha value is -5.54. The average Bonchev–Trinajstić information content (AvgIpc) is 3.03. The topological polar surface area (TPSA) is 190 Å². The summed E-state index contributed by atoms with van der Waals surface area (Å²) in [5, 5.41) is 32.0. The molecule has 0 bridgehead atoms. The lowest BCUT2D eigenvalue weighted by molar-refractivity contribution is 0.472. The number of nitrogens with one attached hydrogen (secondary N) is 1. The molecule has 0 aliphatic carbocycles. The SMILES string of the molecule is O=S(=O)(O)c1cc2cc(Nc3ccccc3)ccc2c(O)c1N=Nc1ccc(N=Nc2ccc3cccc(S(=O)(=O)O)c3c2)cc1. The smallest absolute Gasteiger partial charge is 0.296 e. The molecule has 0 unspecified atom stereocenters. The van der Waals surface area contributed by atoms with Crippen molar-refractivity contribution in [3.05, 3.63) is 115 Å². The lowest BCUT2D eigenvalue weighted by atomic mass is 10.1. The summed E-state index contributed by atoms with van der Waals surface area (Å²) in [4.78, 5) is -0.854. The minimum absolute atomic E-state index is 0.240. The van der Waals surface area contributed by atoms with E-state index in [9.17, 15) is 31.0 Å². The van der Waals surface area contributed by atoms with Crippen LogP contribution in [-0.2, 0) is 20.2 Å². The number of rotatable bonds is 8. The molecule has 230 valence electrons. The predicted octanol–water partition coefficient (Wildman–Crippen LogP) is 8.77. The summed E-state index contributed by atoms with van der Waals surface area (Å²) in [6.45, 7) is 0. The lowest BCUT2D eigenvalue weighted by Gasteiger charge is -2.11. The van der Waals surface area contributed by atoms with Gasteiger partial charge in [-0.3, -0.25) is 9.11 Å². The van der Waals surface area contributed by atoms with Gasteiger partial charge in [-0.15, -0.1) is 5.11 Å². The molecule has 4 N–H and O–H groups in total. The van der Waals surface area contributed by atoms with Gasteiger partial charge in [-0.25, -0.2) is 0 Å². The van der Waals surface area contributed by atoms with Gasteiger partial charge in [-0.2, -0.15) is 32.2 Å². The number of benzene rings is 6. The number of anilines is 2. The number of phenols is 1. The van der Waals surface area contributed by atoms with E-state index in [0.717, 1.165) is 5.69 Å². The van der Waals surface area contributed by atoms with Crippen molar-refractivity contribution in [2.75, 3.05) is 5.32 Å². The van der Waals surface area contributed by atoms with E-state index in [2.05, 4.69) is 25.8 Å². The van der Waals surface area contributed by atoms with E-state index < -0.39 is 36.6 Å². The lowest BCUT2D eigenvalue weighted by Crippen LogP contribution is -1.99. The maximum atomic E-state index is 12.3. The third-order valence-corrected chi connectivity index (χ3v) is 8.67. The summed E-state index contributed by atoms with van der Waals surface area (Å²) in [6.07, 6.45) is 0. The van der Waals surface area contributed by atoms with Crippen LogP contribution in [0, 0.1) is 0 Å². The third kappa shape index (κ3) is 6.60. The molecule has 0 radical (unpaired) electrons. The minimum atomic E-state index is -4.80. The fraction of sp³-hybridized carbons (Fsp3) is 0. The van der Waals surface area contributed by atoms with Crippen LogP contribution in [0.3, 0.4) is 0 Å². The van der Waals surface area contributed by atoms with Crippen LogP contribution in [0.15, 0.2) is 146 Å². The van der Waals surface area contributed by atoms with Gasteiger partial charge in [0, 0.05) is 22.1 Å². The predicted molar refractivity (Wildman–Crippen MR) is 174 cm³/mol. The Labute approximate surface area is 262 Å². The zero-order valence-electron chi connectivity index (χ0n) is 23.5. The zero-order valence-corrected chi connectivity index (χ0v) is 25.2. The largest absolute Gasteiger partial charge is 0.505 e. The summed E-state index contributed by atoms with van der Waals surface area (Å²) in [6, 6.07) is 31.0. The fourth-order valence-electron chi connectivity index (χ4n) is 4.74. The summed E-state index contributed by atoms with van der Waals surface area (Å²) in [7, 11) is -9.24. The first-order valence-corrected chi connectivity index (χ1v) is 16.4. The van der Waals surface area contributed by atoms with Crippen molar-refractivity contribution >= 4 is 75.9 Å². The van der Waals surface area contributed by atoms with Crippen LogP contribution in [0.2, 0.25) is 0 Å². The molecule has 0 saturated heterocycles. The van der Waals surface area contributed by atoms with Crippen LogP contribution in [0.25, 0.3) is 21.5 Å². The molecule has 6 aromatic carbocycles. The second kappa shape index (κ2) is 12.1. The molecule has 46 heavy (non-hydrogen) atoms. The van der Waals surface area contributed by atoms with E-state index >= 15 is 0 Å². The number of para-hydroxylation sites is 1. The van der Waals surface area contributed by atoms with Crippen molar-refractivity contribution in [3.8, 4) is 5.75 Å². The highest BCUT2D eigenvalue weighted by molar-refractivity contribution is 7.86. The van der Waals surface area contributed by atoms with E-state index in [1.807, 2.05) is 30.3 Å². The van der Waals surface area contributed by atoms with Gasteiger partial charge in [0.25, 0.3) is 20.2 Å². The highest BCUT2D eigenvalue weighted by Crippen LogP contribution is 2.42. The zero-order chi connectivity index (χ0) is 32.5. The summed E-state index contributed by atoms with van der Waals surface area (Å²) < 4.78 is 67.5. The van der Waals surface area contributed by atoms with E-state index in [4.69, 9.17) is 0 Å². The number of nitrogens with zero attached hydrogens (tertiary/aromatic N) is 4.